The Morgan fingerprint density at radius 2 is 2.07 bits per heavy atom. The van der Waals surface area contributed by atoms with Crippen molar-refractivity contribution in [2.45, 2.75) is 45.6 Å². The summed E-state index contributed by atoms with van der Waals surface area (Å²) in [7, 11) is 0. The summed E-state index contributed by atoms with van der Waals surface area (Å²) in [6, 6.07) is 4.89. The molecule has 6 nitrogen and oxygen atoms in total. The monoisotopic (exact) mass is 518 g/mol. The van der Waals surface area contributed by atoms with Gasteiger partial charge in [0.15, 0.2) is 17.5 Å². The number of hydrogen-bond acceptors (Lipinski definition) is 3. The molecule has 3 rings (SSSR count). The van der Waals surface area contributed by atoms with Crippen LogP contribution < -0.4 is 15.4 Å². The van der Waals surface area contributed by atoms with Crippen LogP contribution in [-0.2, 0) is 4.79 Å². The van der Waals surface area contributed by atoms with Gasteiger partial charge >= 0.3 is 0 Å². The fraction of sp³-hybridized carbons (Fsp3) is 0.619. The van der Waals surface area contributed by atoms with Crippen molar-refractivity contribution in [3.63, 3.8) is 0 Å². The summed E-state index contributed by atoms with van der Waals surface area (Å²) in [5, 5.41) is 6.39. The predicted octanol–water partition coefficient (Wildman–Crippen LogP) is 3.47. The normalized spacial score (nSPS) is 17.5. The van der Waals surface area contributed by atoms with Gasteiger partial charge in [0.1, 0.15) is 6.54 Å². The number of rotatable bonds is 8. The minimum Gasteiger partial charge on any atom is -0.490 e. The van der Waals surface area contributed by atoms with Gasteiger partial charge in [-0.1, -0.05) is 6.07 Å². The second-order valence-electron chi connectivity index (χ2n) is 7.59. The van der Waals surface area contributed by atoms with E-state index in [1.165, 1.54) is 18.9 Å². The molecule has 1 aromatic rings. The maximum atomic E-state index is 14.3. The van der Waals surface area contributed by atoms with Gasteiger partial charge in [0.2, 0.25) is 5.91 Å². The number of benzene rings is 1. The van der Waals surface area contributed by atoms with Gasteiger partial charge in [0.25, 0.3) is 0 Å². The van der Waals surface area contributed by atoms with Crippen molar-refractivity contribution in [1.82, 2.24) is 15.5 Å². The Bertz CT molecular complexity index is 706. The topological polar surface area (TPSA) is 66.0 Å². The molecule has 1 unspecified atom stereocenters. The second kappa shape index (κ2) is 11.6. The number of halogens is 2. The van der Waals surface area contributed by atoms with Crippen molar-refractivity contribution in [3.05, 3.63) is 29.6 Å². The molecule has 1 aromatic carbocycles. The predicted molar refractivity (Wildman–Crippen MR) is 123 cm³/mol. The third kappa shape index (κ3) is 7.31. The molecule has 0 spiro atoms. The molecule has 8 heteroatoms. The standard InChI is InChI=1S/C21H31FN4O2.HI/c1-3-23-21(24-13-20(27)26-10-4-5-11-26)25-15(2)17-8-9-19(18(22)12-17)28-14-16-6-7-16;/h8-9,12,15-16H,3-7,10-11,13-14H2,1-2H3,(H2,23,24,25);1H. The number of nitrogens with zero attached hydrogens (tertiary/aromatic N) is 2. The van der Waals surface area contributed by atoms with Crippen molar-refractivity contribution in [2.75, 3.05) is 32.8 Å². The zero-order valence-corrected chi connectivity index (χ0v) is 19.6. The number of guanidine groups is 1. The zero-order chi connectivity index (χ0) is 19.9. The first-order chi connectivity index (χ1) is 13.6. The van der Waals surface area contributed by atoms with Gasteiger partial charge < -0.3 is 20.3 Å². The van der Waals surface area contributed by atoms with Crippen molar-refractivity contribution in [2.24, 2.45) is 10.9 Å². The van der Waals surface area contributed by atoms with Crippen LogP contribution in [0.3, 0.4) is 0 Å². The number of ether oxygens (including phenoxy) is 1. The quantitative estimate of drug-likeness (QED) is 0.314. The van der Waals surface area contributed by atoms with E-state index in [9.17, 15) is 9.18 Å². The van der Waals surface area contributed by atoms with Crippen LogP contribution in [0.4, 0.5) is 4.39 Å². The van der Waals surface area contributed by atoms with Crippen LogP contribution in [0.1, 0.15) is 51.1 Å². The highest BCUT2D eigenvalue weighted by Crippen LogP contribution is 2.30. The number of hydrogen-bond donors (Lipinski definition) is 2. The van der Waals surface area contributed by atoms with Gasteiger partial charge in [-0.25, -0.2) is 9.38 Å². The minimum atomic E-state index is -0.349. The van der Waals surface area contributed by atoms with E-state index in [4.69, 9.17) is 4.74 Å². The van der Waals surface area contributed by atoms with Crippen LogP contribution in [0.2, 0.25) is 0 Å². The molecule has 0 bridgehead atoms. The van der Waals surface area contributed by atoms with Crippen LogP contribution in [0.15, 0.2) is 23.2 Å². The average Bonchev–Trinajstić information content (AvgIpc) is 3.35. The van der Waals surface area contributed by atoms with Crippen LogP contribution >= 0.6 is 24.0 Å². The molecule has 0 aromatic heterocycles. The zero-order valence-electron chi connectivity index (χ0n) is 17.2. The summed E-state index contributed by atoms with van der Waals surface area (Å²) in [6.07, 6.45) is 4.48. The van der Waals surface area contributed by atoms with Crippen molar-refractivity contribution >= 4 is 35.8 Å². The molecule has 162 valence electrons. The van der Waals surface area contributed by atoms with E-state index in [0.29, 0.717) is 30.8 Å². The molecule has 1 atom stereocenters. The Balaban J connectivity index is 0.00000300. The van der Waals surface area contributed by atoms with E-state index in [0.717, 1.165) is 31.5 Å². The maximum Gasteiger partial charge on any atom is 0.244 e. The Hall–Kier alpha value is -1.58. The number of nitrogens with one attached hydrogen (secondary N) is 2. The fourth-order valence-electron chi connectivity index (χ4n) is 3.22. The molecular weight excluding hydrogens is 486 g/mol. The number of carbonyl (C=O) groups is 1. The Kier molecular flexibility index (Phi) is 9.45. The largest absolute Gasteiger partial charge is 0.490 e. The van der Waals surface area contributed by atoms with Gasteiger partial charge in [-0.15, -0.1) is 24.0 Å². The molecule has 2 N–H and O–H groups in total. The van der Waals surface area contributed by atoms with Crippen LogP contribution in [0.25, 0.3) is 0 Å². The SMILES string of the molecule is CCNC(=NCC(=O)N1CCCC1)NC(C)c1ccc(OCC2CC2)c(F)c1.I. The molecule has 0 radical (unpaired) electrons. The Morgan fingerprint density at radius 1 is 1.34 bits per heavy atom. The summed E-state index contributed by atoms with van der Waals surface area (Å²) < 4.78 is 19.9. The summed E-state index contributed by atoms with van der Waals surface area (Å²) in [6.45, 7) is 6.94. The summed E-state index contributed by atoms with van der Waals surface area (Å²) in [5.74, 6) is 1.14. The van der Waals surface area contributed by atoms with Gasteiger partial charge in [-0.2, -0.15) is 0 Å². The molecule has 1 aliphatic heterocycles. The first-order valence-electron chi connectivity index (χ1n) is 10.3. The van der Waals surface area contributed by atoms with E-state index >= 15 is 0 Å². The van der Waals surface area contributed by atoms with E-state index in [1.54, 1.807) is 6.07 Å². The lowest BCUT2D eigenvalue weighted by Gasteiger charge is -2.19. The first kappa shape index (κ1) is 23.7. The smallest absolute Gasteiger partial charge is 0.244 e. The number of likely N-dealkylation sites (tertiary alicyclic amines) is 1. The van der Waals surface area contributed by atoms with Crippen LogP contribution in [0, 0.1) is 11.7 Å². The van der Waals surface area contributed by atoms with Gasteiger partial charge in [0.05, 0.1) is 12.6 Å². The lowest BCUT2D eigenvalue weighted by Crippen LogP contribution is -2.40. The first-order valence-corrected chi connectivity index (χ1v) is 10.3. The number of carbonyl (C=O) groups excluding carboxylic acids is 1. The third-order valence-corrected chi connectivity index (χ3v) is 5.16. The molecule has 1 saturated carbocycles. The van der Waals surface area contributed by atoms with Crippen molar-refractivity contribution in [3.8, 4) is 5.75 Å². The molecule has 1 amide bonds. The maximum absolute atomic E-state index is 14.3. The Morgan fingerprint density at radius 3 is 2.69 bits per heavy atom. The third-order valence-electron chi connectivity index (χ3n) is 5.16. The summed E-state index contributed by atoms with van der Waals surface area (Å²) in [4.78, 5) is 18.5. The molecule has 29 heavy (non-hydrogen) atoms. The number of amides is 1. The molecule has 1 aliphatic carbocycles. The number of aliphatic imine (C=N–C) groups is 1. The molecule has 1 saturated heterocycles. The molecular formula is C21H32FIN4O2. The van der Waals surface area contributed by atoms with Gasteiger partial charge in [0, 0.05) is 19.6 Å². The Labute approximate surface area is 189 Å². The van der Waals surface area contributed by atoms with Gasteiger partial charge in [-0.05, 0) is 63.1 Å². The molecule has 2 aliphatic rings. The van der Waals surface area contributed by atoms with Crippen molar-refractivity contribution in [1.29, 1.82) is 0 Å². The van der Waals surface area contributed by atoms with E-state index in [1.807, 2.05) is 24.8 Å². The van der Waals surface area contributed by atoms with Crippen LogP contribution in [-0.4, -0.2) is 49.6 Å². The summed E-state index contributed by atoms with van der Waals surface area (Å²) >= 11 is 0. The summed E-state index contributed by atoms with van der Waals surface area (Å²) in [5.41, 5.74) is 0.799. The fourth-order valence-corrected chi connectivity index (χ4v) is 3.22. The van der Waals surface area contributed by atoms with E-state index in [-0.39, 0.29) is 48.3 Å². The second-order valence-corrected chi connectivity index (χ2v) is 7.59. The lowest BCUT2D eigenvalue weighted by molar-refractivity contribution is -0.128. The lowest BCUT2D eigenvalue weighted by atomic mass is 10.1. The van der Waals surface area contributed by atoms with Crippen molar-refractivity contribution < 1.29 is 13.9 Å². The van der Waals surface area contributed by atoms with E-state index in [2.05, 4.69) is 15.6 Å². The highest BCUT2D eigenvalue weighted by molar-refractivity contribution is 14.0. The minimum absolute atomic E-state index is 0. The van der Waals surface area contributed by atoms with Crippen LogP contribution in [0.5, 0.6) is 5.75 Å². The molecule has 2 fully saturated rings. The van der Waals surface area contributed by atoms with Gasteiger partial charge in [-0.3, -0.25) is 4.79 Å². The average molecular weight is 518 g/mol. The van der Waals surface area contributed by atoms with E-state index < -0.39 is 0 Å². The highest BCUT2D eigenvalue weighted by atomic mass is 127. The molecule has 1 heterocycles. The highest BCUT2D eigenvalue weighted by Gasteiger charge is 2.23.